The van der Waals surface area contributed by atoms with Crippen LogP contribution in [0.1, 0.15) is 103 Å². The average molecular weight is 448 g/mol. The van der Waals surface area contributed by atoms with Crippen LogP contribution in [0.2, 0.25) is 0 Å². The number of hydrogen-bond donors (Lipinski definition) is 0. The summed E-state index contributed by atoms with van der Waals surface area (Å²) < 4.78 is 6.31. The van der Waals surface area contributed by atoms with Crippen LogP contribution in [0.15, 0.2) is 71.7 Å². The first-order valence-electron chi connectivity index (χ1n) is 13.3. The van der Waals surface area contributed by atoms with Crippen LogP contribution in [0.5, 0.6) is 5.75 Å². The molecule has 1 unspecified atom stereocenters. The van der Waals surface area contributed by atoms with Gasteiger partial charge in [0, 0.05) is 6.21 Å². The zero-order valence-electron chi connectivity index (χ0n) is 21.1. The summed E-state index contributed by atoms with van der Waals surface area (Å²) in [5.41, 5.74) is 2.06. The number of nitrogens with zero attached hydrogens (tertiary/aromatic N) is 1. The Morgan fingerprint density at radius 3 is 2.06 bits per heavy atom. The van der Waals surface area contributed by atoms with Crippen molar-refractivity contribution in [2.24, 2.45) is 4.99 Å². The molecule has 0 saturated carbocycles. The first-order chi connectivity index (χ1) is 16.3. The van der Waals surface area contributed by atoms with Crippen molar-refractivity contribution in [2.45, 2.75) is 103 Å². The quantitative estimate of drug-likeness (QED) is 0.126. The minimum absolute atomic E-state index is 0.311. The zero-order chi connectivity index (χ0) is 23.4. The number of unbranched alkanes of at least 4 members (excludes halogenated alkanes) is 8. The van der Waals surface area contributed by atoms with E-state index in [4.69, 9.17) is 4.74 Å². The fourth-order valence-electron chi connectivity index (χ4n) is 3.98. The number of para-hydroxylation sites is 1. The summed E-state index contributed by atoms with van der Waals surface area (Å²) in [4.78, 5) is 4.52. The molecule has 2 aromatic rings. The summed E-state index contributed by atoms with van der Waals surface area (Å²) in [7, 11) is 0. The maximum Gasteiger partial charge on any atom is 0.119 e. The van der Waals surface area contributed by atoms with Gasteiger partial charge in [0.2, 0.25) is 0 Å². The molecule has 0 radical (unpaired) electrons. The van der Waals surface area contributed by atoms with Crippen molar-refractivity contribution in [3.63, 3.8) is 0 Å². The lowest BCUT2D eigenvalue weighted by Crippen LogP contribution is -2.16. The topological polar surface area (TPSA) is 21.6 Å². The van der Waals surface area contributed by atoms with Gasteiger partial charge in [-0.1, -0.05) is 82.7 Å². The number of aliphatic imine (C=N–C) groups is 1. The number of benzene rings is 2. The van der Waals surface area contributed by atoms with E-state index in [2.05, 4.69) is 55.3 Å². The Hall–Kier alpha value is -2.35. The normalized spacial score (nSPS) is 12.5. The summed E-state index contributed by atoms with van der Waals surface area (Å²) in [6.07, 6.45) is 23.6. The summed E-state index contributed by atoms with van der Waals surface area (Å²) in [5.74, 6) is 0.962. The van der Waals surface area contributed by atoms with Gasteiger partial charge in [0.15, 0.2) is 0 Å². The maximum atomic E-state index is 6.31. The Balaban J connectivity index is 1.63. The van der Waals surface area contributed by atoms with Crippen LogP contribution >= 0.6 is 0 Å². The molecule has 0 aromatic heterocycles. The molecule has 0 fully saturated rings. The Kier molecular flexibility index (Phi) is 14.8. The predicted octanol–water partition coefficient (Wildman–Crippen LogP) is 9.85. The van der Waals surface area contributed by atoms with E-state index in [-0.39, 0.29) is 0 Å². The van der Waals surface area contributed by atoms with Crippen molar-refractivity contribution >= 4 is 11.9 Å². The van der Waals surface area contributed by atoms with Gasteiger partial charge < -0.3 is 4.74 Å². The molecule has 0 saturated heterocycles. The Morgan fingerprint density at radius 2 is 1.36 bits per heavy atom. The highest BCUT2D eigenvalue weighted by Crippen LogP contribution is 2.19. The van der Waals surface area contributed by atoms with E-state index in [1.807, 2.05) is 36.5 Å². The molecule has 2 heteroatoms. The van der Waals surface area contributed by atoms with Crippen molar-refractivity contribution in [3.8, 4) is 5.75 Å². The van der Waals surface area contributed by atoms with E-state index in [0.717, 1.165) is 36.3 Å². The first-order valence-corrected chi connectivity index (χ1v) is 13.3. The van der Waals surface area contributed by atoms with E-state index in [1.165, 1.54) is 64.2 Å². The maximum absolute atomic E-state index is 6.31. The third-order valence-corrected chi connectivity index (χ3v) is 5.95. The summed E-state index contributed by atoms with van der Waals surface area (Å²) in [5, 5.41) is 0. The molecule has 1 atom stereocenters. The van der Waals surface area contributed by atoms with Crippen LogP contribution in [-0.2, 0) is 0 Å². The second-order valence-corrected chi connectivity index (χ2v) is 9.00. The molecule has 0 spiro atoms. The van der Waals surface area contributed by atoms with Gasteiger partial charge in [0.25, 0.3) is 0 Å². The van der Waals surface area contributed by atoms with Crippen LogP contribution in [0.25, 0.3) is 0 Å². The van der Waals surface area contributed by atoms with Gasteiger partial charge in [-0.2, -0.15) is 0 Å². The van der Waals surface area contributed by atoms with E-state index in [0.29, 0.717) is 6.10 Å². The molecule has 0 aliphatic heterocycles. The standard InChI is InChI=1S/C31H45NO/c1-3-5-6-7-8-9-10-11-12-13-14-18-22-30(19-4-2)33-31-25-23-28(24-26-31)27-32-29-20-16-15-17-21-29/h11-12,15-17,20-21,23-27,30H,3-10,13-14,18-19,22H2,1-2H3/b12-11-,32-27?. The second kappa shape index (κ2) is 18.1. The molecule has 180 valence electrons. The lowest BCUT2D eigenvalue weighted by Gasteiger charge is -2.18. The molecule has 2 aromatic carbocycles. The van der Waals surface area contributed by atoms with Gasteiger partial charge in [-0.25, -0.2) is 0 Å². The van der Waals surface area contributed by atoms with Crippen molar-refractivity contribution in [1.29, 1.82) is 0 Å². The largest absolute Gasteiger partial charge is 0.490 e. The highest BCUT2D eigenvalue weighted by atomic mass is 16.5. The van der Waals surface area contributed by atoms with E-state index in [9.17, 15) is 0 Å². The molecule has 33 heavy (non-hydrogen) atoms. The third-order valence-electron chi connectivity index (χ3n) is 5.95. The molecular weight excluding hydrogens is 402 g/mol. The number of allylic oxidation sites excluding steroid dienone is 2. The first kappa shape index (κ1) is 26.9. The van der Waals surface area contributed by atoms with Gasteiger partial charge >= 0.3 is 0 Å². The summed E-state index contributed by atoms with van der Waals surface area (Å²) >= 11 is 0. The molecule has 0 N–H and O–H groups in total. The highest BCUT2D eigenvalue weighted by molar-refractivity contribution is 5.82. The van der Waals surface area contributed by atoms with Crippen LogP contribution < -0.4 is 4.74 Å². The SMILES string of the molecule is CCCCCCCC/C=C\CCCCC(CCC)Oc1ccc(C=Nc2ccccc2)cc1. The van der Waals surface area contributed by atoms with Crippen molar-refractivity contribution in [2.75, 3.05) is 0 Å². The van der Waals surface area contributed by atoms with Crippen LogP contribution in [0.3, 0.4) is 0 Å². The molecule has 0 aliphatic carbocycles. The predicted molar refractivity (Wildman–Crippen MR) is 145 cm³/mol. The van der Waals surface area contributed by atoms with Crippen LogP contribution in [0, 0.1) is 0 Å². The molecule has 0 bridgehead atoms. The monoisotopic (exact) mass is 447 g/mol. The van der Waals surface area contributed by atoms with Crippen molar-refractivity contribution < 1.29 is 4.74 Å². The fourth-order valence-corrected chi connectivity index (χ4v) is 3.98. The summed E-state index contributed by atoms with van der Waals surface area (Å²) in [6.45, 7) is 4.52. The second-order valence-electron chi connectivity index (χ2n) is 9.00. The number of ether oxygens (including phenoxy) is 1. The van der Waals surface area contributed by atoms with Crippen LogP contribution in [0.4, 0.5) is 5.69 Å². The van der Waals surface area contributed by atoms with Crippen LogP contribution in [-0.4, -0.2) is 12.3 Å². The Bertz CT molecular complexity index is 763. The Morgan fingerprint density at radius 1 is 0.697 bits per heavy atom. The minimum atomic E-state index is 0.311. The van der Waals surface area contributed by atoms with Gasteiger partial charge in [-0.3, -0.25) is 4.99 Å². The highest BCUT2D eigenvalue weighted by Gasteiger charge is 2.09. The minimum Gasteiger partial charge on any atom is -0.490 e. The molecule has 2 rings (SSSR count). The zero-order valence-corrected chi connectivity index (χ0v) is 21.1. The molecule has 0 amide bonds. The van der Waals surface area contributed by atoms with Gasteiger partial charge in [0.05, 0.1) is 11.8 Å². The third kappa shape index (κ3) is 13.1. The fraction of sp³-hybridized carbons (Fsp3) is 0.516. The molecule has 2 nitrogen and oxygen atoms in total. The number of hydrogen-bond acceptors (Lipinski definition) is 2. The van der Waals surface area contributed by atoms with Gasteiger partial charge in [-0.15, -0.1) is 0 Å². The smallest absolute Gasteiger partial charge is 0.119 e. The van der Waals surface area contributed by atoms with E-state index < -0.39 is 0 Å². The van der Waals surface area contributed by atoms with Gasteiger partial charge in [0.1, 0.15) is 5.75 Å². The average Bonchev–Trinajstić information content (AvgIpc) is 2.85. The van der Waals surface area contributed by atoms with Gasteiger partial charge in [-0.05, 0) is 86.9 Å². The lowest BCUT2D eigenvalue weighted by atomic mass is 10.1. The van der Waals surface area contributed by atoms with E-state index in [1.54, 1.807) is 0 Å². The lowest BCUT2D eigenvalue weighted by molar-refractivity contribution is 0.176. The molecule has 0 heterocycles. The van der Waals surface area contributed by atoms with E-state index >= 15 is 0 Å². The number of rotatable bonds is 18. The molecule has 0 aliphatic rings. The molecular formula is C31H45NO. The van der Waals surface area contributed by atoms with Crippen molar-refractivity contribution in [3.05, 3.63) is 72.3 Å². The Labute approximate surface area is 203 Å². The van der Waals surface area contributed by atoms with Crippen molar-refractivity contribution in [1.82, 2.24) is 0 Å². The summed E-state index contributed by atoms with van der Waals surface area (Å²) in [6, 6.07) is 18.3.